The van der Waals surface area contributed by atoms with E-state index in [0.717, 1.165) is 6.08 Å². The Hall–Kier alpha value is -2.47. The topological polar surface area (TPSA) is 93.2 Å². The summed E-state index contributed by atoms with van der Waals surface area (Å²) >= 11 is 4.63. The number of pyridine rings is 1. The Morgan fingerprint density at radius 3 is 2.50 bits per heavy atom. The lowest BCUT2D eigenvalue weighted by Crippen LogP contribution is -2.25. The highest BCUT2D eigenvalue weighted by molar-refractivity contribution is 7.65. The van der Waals surface area contributed by atoms with Gasteiger partial charge in [0.15, 0.2) is 0 Å². The van der Waals surface area contributed by atoms with E-state index in [-0.39, 0.29) is 11.1 Å². The first kappa shape index (κ1) is 14.0. The Balaban J connectivity index is 2.86. The first-order chi connectivity index (χ1) is 9.41. The highest BCUT2D eigenvalue weighted by atomic mass is 32.1. The molecule has 0 N–H and O–H groups in total. The second-order valence-corrected chi connectivity index (χ2v) is 4.53. The number of carboxylic acids is 2. The highest BCUT2D eigenvalue weighted by Crippen LogP contribution is 2.24. The fourth-order valence-electron chi connectivity index (χ4n) is 1.94. The molecule has 2 rings (SSSR count). The van der Waals surface area contributed by atoms with Crippen LogP contribution in [0, 0.1) is 6.92 Å². The molecule has 102 valence electrons. The molecule has 1 heterocycles. The fourth-order valence-corrected chi connectivity index (χ4v) is 2.05. The lowest BCUT2D eigenvalue weighted by molar-refractivity contribution is -0.298. The maximum atomic E-state index is 11.4. The summed E-state index contributed by atoms with van der Waals surface area (Å²) in [5.74, 6) is -2.96. The summed E-state index contributed by atoms with van der Waals surface area (Å²) in [6, 6.07) is 6.62. The van der Waals surface area contributed by atoms with Crippen molar-refractivity contribution in [1.82, 2.24) is 4.98 Å². The van der Waals surface area contributed by atoms with Crippen molar-refractivity contribution >= 4 is 41.5 Å². The zero-order valence-corrected chi connectivity index (χ0v) is 11.2. The van der Waals surface area contributed by atoms with Crippen LogP contribution < -0.4 is 10.2 Å². The number of carbonyl (C=O) groups excluding carboxylic acids is 2. The van der Waals surface area contributed by atoms with Gasteiger partial charge in [-0.05, 0) is 13.0 Å². The molecule has 0 atom stereocenters. The number of nitrogens with zero attached hydrogens (tertiary/aromatic N) is 1. The van der Waals surface area contributed by atoms with E-state index in [1.54, 1.807) is 31.2 Å². The summed E-state index contributed by atoms with van der Waals surface area (Å²) < 4.78 is 0. The number of fused-ring (bicyclic) bond motifs is 1. The fraction of sp³-hybridized carbons (Fsp3) is 0.0714. The second-order valence-electron chi connectivity index (χ2n) is 4.09. The van der Waals surface area contributed by atoms with Crippen LogP contribution in [0.15, 0.2) is 29.2 Å². The molecule has 20 heavy (non-hydrogen) atoms. The van der Waals surface area contributed by atoms with Crippen LogP contribution >= 0.6 is 0 Å². The van der Waals surface area contributed by atoms with Gasteiger partial charge in [-0.3, -0.25) is 4.98 Å². The SMILES string of the molecule is Cc1nc2ccccc2c(C(=O)[O-])c1/C=C(\[S-])C(=O)[O-]. The van der Waals surface area contributed by atoms with Crippen LogP contribution in [-0.2, 0) is 17.4 Å². The quantitative estimate of drug-likeness (QED) is 0.560. The maximum absolute atomic E-state index is 11.4. The van der Waals surface area contributed by atoms with Crippen molar-refractivity contribution in [2.24, 2.45) is 0 Å². The summed E-state index contributed by atoms with van der Waals surface area (Å²) in [6.07, 6.45) is 1.06. The molecule has 6 heteroatoms. The third-order valence-electron chi connectivity index (χ3n) is 2.80. The number of para-hydroxylation sites is 1. The van der Waals surface area contributed by atoms with Gasteiger partial charge in [0, 0.05) is 28.2 Å². The van der Waals surface area contributed by atoms with Crippen molar-refractivity contribution in [1.29, 1.82) is 0 Å². The minimum Gasteiger partial charge on any atom is -0.778 e. The number of aromatic carboxylic acids is 1. The predicted molar refractivity (Wildman–Crippen MR) is 71.2 cm³/mol. The number of aromatic nitrogens is 1. The molecule has 0 aliphatic carbocycles. The number of hydrogen-bond donors (Lipinski definition) is 0. The Morgan fingerprint density at radius 1 is 1.25 bits per heavy atom. The third kappa shape index (κ3) is 2.46. The number of aliphatic carboxylic acids is 1. The molecule has 0 unspecified atom stereocenters. The molecule has 0 aliphatic rings. The van der Waals surface area contributed by atoms with Crippen LogP contribution in [0.25, 0.3) is 17.0 Å². The standard InChI is InChI=1S/C14H11NO4S/c1-7-9(6-11(20)13(16)17)12(14(18)19)8-4-2-3-5-10(8)15-7/h2-6,20H,1H3,(H,16,17)(H,18,19)/p-3/b11-6-. The average Bonchev–Trinajstić information content (AvgIpc) is 2.38. The van der Waals surface area contributed by atoms with Crippen LogP contribution in [0.1, 0.15) is 21.6 Å². The van der Waals surface area contributed by atoms with Crippen molar-refractivity contribution in [2.75, 3.05) is 0 Å². The molecule has 2 aromatic rings. The van der Waals surface area contributed by atoms with E-state index in [9.17, 15) is 19.8 Å². The van der Waals surface area contributed by atoms with E-state index >= 15 is 0 Å². The summed E-state index contributed by atoms with van der Waals surface area (Å²) in [6.45, 7) is 1.57. The lowest BCUT2D eigenvalue weighted by Gasteiger charge is -2.18. The van der Waals surface area contributed by atoms with Crippen molar-refractivity contribution in [3.05, 3.63) is 46.0 Å². The molecule has 0 radical (unpaired) electrons. The van der Waals surface area contributed by atoms with Gasteiger partial charge in [0.2, 0.25) is 0 Å². The van der Waals surface area contributed by atoms with Gasteiger partial charge in [0.05, 0.1) is 11.5 Å². The maximum Gasteiger partial charge on any atom is 0.0728 e. The van der Waals surface area contributed by atoms with E-state index < -0.39 is 16.8 Å². The summed E-state index contributed by atoms with van der Waals surface area (Å²) in [4.78, 5) is 25.8. The molecule has 0 saturated carbocycles. The van der Waals surface area contributed by atoms with Crippen LogP contribution in [0.5, 0.6) is 0 Å². The number of benzene rings is 1. The Morgan fingerprint density at radius 2 is 1.90 bits per heavy atom. The van der Waals surface area contributed by atoms with Crippen molar-refractivity contribution < 1.29 is 19.8 Å². The van der Waals surface area contributed by atoms with Crippen LogP contribution in [0.4, 0.5) is 0 Å². The number of carboxylic acid groups (broad SMARTS) is 2. The second kappa shape index (κ2) is 5.26. The van der Waals surface area contributed by atoms with E-state index in [0.29, 0.717) is 16.6 Å². The normalized spacial score (nSPS) is 11.6. The van der Waals surface area contributed by atoms with Gasteiger partial charge >= 0.3 is 0 Å². The minimum atomic E-state index is -1.54. The summed E-state index contributed by atoms with van der Waals surface area (Å²) in [5, 5.41) is 22.4. The van der Waals surface area contributed by atoms with Gasteiger partial charge in [-0.2, -0.15) is 4.91 Å². The van der Waals surface area contributed by atoms with Gasteiger partial charge in [-0.15, -0.1) is 0 Å². The first-order valence-corrected chi connectivity index (χ1v) is 6.03. The minimum absolute atomic E-state index is 0.123. The number of hydrogen-bond acceptors (Lipinski definition) is 6. The van der Waals surface area contributed by atoms with Crippen molar-refractivity contribution in [3.8, 4) is 0 Å². The molecule has 0 spiro atoms. The molecule has 0 fully saturated rings. The van der Waals surface area contributed by atoms with Crippen molar-refractivity contribution in [3.63, 3.8) is 0 Å². The molecule has 0 bridgehead atoms. The van der Waals surface area contributed by atoms with Gasteiger partial charge in [-0.25, -0.2) is 0 Å². The van der Waals surface area contributed by atoms with Crippen LogP contribution in [0.3, 0.4) is 0 Å². The molecular formula is C14H8NO4S-3. The molecule has 1 aromatic heterocycles. The summed E-state index contributed by atoms with van der Waals surface area (Å²) in [7, 11) is 0. The van der Waals surface area contributed by atoms with E-state index in [4.69, 9.17) is 0 Å². The average molecular weight is 286 g/mol. The zero-order chi connectivity index (χ0) is 14.9. The van der Waals surface area contributed by atoms with Crippen LogP contribution in [0.2, 0.25) is 0 Å². The van der Waals surface area contributed by atoms with Gasteiger partial charge in [-0.1, -0.05) is 24.3 Å². The van der Waals surface area contributed by atoms with E-state index in [2.05, 4.69) is 17.6 Å². The lowest BCUT2D eigenvalue weighted by atomic mass is 10.00. The highest BCUT2D eigenvalue weighted by Gasteiger charge is 2.11. The van der Waals surface area contributed by atoms with Gasteiger partial charge < -0.3 is 32.4 Å². The van der Waals surface area contributed by atoms with Gasteiger partial charge in [0.1, 0.15) is 0 Å². The molecular weight excluding hydrogens is 278 g/mol. The monoisotopic (exact) mass is 286 g/mol. The zero-order valence-electron chi connectivity index (χ0n) is 10.4. The Labute approximate surface area is 120 Å². The largest absolute Gasteiger partial charge is 0.778 e. The number of carbonyl (C=O) groups is 2. The predicted octanol–water partition coefficient (Wildman–Crippen LogP) is -0.456. The molecule has 0 aliphatic heterocycles. The summed E-state index contributed by atoms with van der Waals surface area (Å²) in [5.41, 5.74) is 0.835. The molecule has 0 saturated heterocycles. The third-order valence-corrected chi connectivity index (χ3v) is 3.09. The van der Waals surface area contributed by atoms with Gasteiger partial charge in [0.25, 0.3) is 0 Å². The molecule has 0 amide bonds. The number of aryl methyl sites for hydroxylation is 1. The Kier molecular flexibility index (Phi) is 3.67. The smallest absolute Gasteiger partial charge is 0.0728 e. The molecule has 5 nitrogen and oxygen atoms in total. The van der Waals surface area contributed by atoms with Crippen molar-refractivity contribution in [2.45, 2.75) is 6.92 Å². The van der Waals surface area contributed by atoms with E-state index in [1.165, 1.54) is 0 Å². The first-order valence-electron chi connectivity index (χ1n) is 5.62. The van der Waals surface area contributed by atoms with E-state index in [1.807, 2.05) is 0 Å². The number of rotatable bonds is 3. The van der Waals surface area contributed by atoms with Crippen LogP contribution in [-0.4, -0.2) is 16.9 Å². The Bertz CT molecular complexity index is 752. The molecule has 1 aromatic carbocycles.